The molecule has 3 atom stereocenters. The average Bonchev–Trinajstić information content (AvgIpc) is 2.26. The topological polar surface area (TPSA) is 83.6 Å². The van der Waals surface area contributed by atoms with Crippen LogP contribution in [0.25, 0.3) is 0 Å². The van der Waals surface area contributed by atoms with Crippen molar-refractivity contribution in [2.45, 2.75) is 45.7 Å². The van der Waals surface area contributed by atoms with E-state index in [-0.39, 0.29) is 11.8 Å². The number of hydrogen-bond donors (Lipinski definition) is 2. The van der Waals surface area contributed by atoms with Crippen LogP contribution in [0.1, 0.15) is 33.6 Å². The standard InChI is InChI=1S/C12H22N2O3/c1-7(2)10(13)11(15)14-5-4-8(3)6-9(14)12(16)17/h7-10H,4-6,13H2,1-3H3,(H,16,17)/t8?,9?,10-/m1/s1. The van der Waals surface area contributed by atoms with Crippen LogP contribution in [0, 0.1) is 11.8 Å². The van der Waals surface area contributed by atoms with Crippen LogP contribution in [-0.4, -0.2) is 40.5 Å². The van der Waals surface area contributed by atoms with E-state index in [4.69, 9.17) is 10.8 Å². The predicted molar refractivity (Wildman–Crippen MR) is 64.3 cm³/mol. The first-order valence-electron chi connectivity index (χ1n) is 6.13. The van der Waals surface area contributed by atoms with Crippen molar-refractivity contribution in [2.24, 2.45) is 17.6 Å². The quantitative estimate of drug-likeness (QED) is 0.762. The minimum atomic E-state index is -0.930. The van der Waals surface area contributed by atoms with Crippen LogP contribution in [0.15, 0.2) is 0 Å². The molecule has 5 nitrogen and oxygen atoms in total. The van der Waals surface area contributed by atoms with Gasteiger partial charge >= 0.3 is 5.97 Å². The molecule has 1 fully saturated rings. The molecule has 1 rings (SSSR count). The van der Waals surface area contributed by atoms with Crippen molar-refractivity contribution in [3.05, 3.63) is 0 Å². The van der Waals surface area contributed by atoms with Gasteiger partial charge in [-0.3, -0.25) is 4.79 Å². The summed E-state index contributed by atoms with van der Waals surface area (Å²) < 4.78 is 0. The molecule has 1 heterocycles. The van der Waals surface area contributed by atoms with E-state index < -0.39 is 18.1 Å². The van der Waals surface area contributed by atoms with Crippen molar-refractivity contribution < 1.29 is 14.7 Å². The molecule has 5 heteroatoms. The highest BCUT2D eigenvalue weighted by Gasteiger charge is 2.37. The van der Waals surface area contributed by atoms with Gasteiger partial charge in [-0.05, 0) is 24.7 Å². The van der Waals surface area contributed by atoms with E-state index in [1.807, 2.05) is 20.8 Å². The summed E-state index contributed by atoms with van der Waals surface area (Å²) in [4.78, 5) is 24.7. The molecule has 1 aliphatic heterocycles. The minimum absolute atomic E-state index is 0.0243. The van der Waals surface area contributed by atoms with E-state index in [9.17, 15) is 9.59 Å². The molecular formula is C12H22N2O3. The maximum atomic E-state index is 12.1. The zero-order valence-corrected chi connectivity index (χ0v) is 10.7. The lowest BCUT2D eigenvalue weighted by atomic mass is 9.91. The molecule has 0 aromatic rings. The Labute approximate surface area is 102 Å². The molecule has 98 valence electrons. The monoisotopic (exact) mass is 242 g/mol. The Morgan fingerprint density at radius 2 is 2.00 bits per heavy atom. The molecule has 1 aliphatic rings. The SMILES string of the molecule is CC1CCN(C(=O)[C@H](N)C(C)C)C(C(=O)O)C1. The van der Waals surface area contributed by atoms with Gasteiger partial charge in [0.05, 0.1) is 6.04 Å². The van der Waals surface area contributed by atoms with Crippen LogP contribution in [-0.2, 0) is 9.59 Å². The van der Waals surface area contributed by atoms with Gasteiger partial charge in [-0.1, -0.05) is 20.8 Å². The molecule has 0 radical (unpaired) electrons. The Hall–Kier alpha value is -1.10. The highest BCUT2D eigenvalue weighted by Crippen LogP contribution is 2.23. The van der Waals surface area contributed by atoms with Gasteiger partial charge in [-0.2, -0.15) is 0 Å². The number of carbonyl (C=O) groups is 2. The number of carboxylic acid groups (broad SMARTS) is 1. The Bertz CT molecular complexity index is 304. The zero-order valence-electron chi connectivity index (χ0n) is 10.7. The number of amides is 1. The third kappa shape index (κ3) is 3.19. The molecule has 0 aromatic carbocycles. The van der Waals surface area contributed by atoms with Crippen LogP contribution in [0.5, 0.6) is 0 Å². The molecule has 1 saturated heterocycles. The zero-order chi connectivity index (χ0) is 13.2. The Kier molecular flexibility index (Phi) is 4.51. The number of aliphatic carboxylic acids is 1. The first kappa shape index (κ1) is 14.0. The summed E-state index contributed by atoms with van der Waals surface area (Å²) in [6.45, 7) is 6.24. The van der Waals surface area contributed by atoms with Crippen molar-refractivity contribution in [3.8, 4) is 0 Å². The van der Waals surface area contributed by atoms with Gasteiger partial charge in [0.15, 0.2) is 0 Å². The van der Waals surface area contributed by atoms with Crippen LogP contribution in [0.3, 0.4) is 0 Å². The molecule has 0 saturated carbocycles. The predicted octanol–water partition coefficient (Wildman–Crippen LogP) is 0.681. The Morgan fingerprint density at radius 1 is 1.41 bits per heavy atom. The van der Waals surface area contributed by atoms with E-state index in [0.717, 1.165) is 6.42 Å². The van der Waals surface area contributed by atoms with E-state index in [2.05, 4.69) is 0 Å². The average molecular weight is 242 g/mol. The Balaban J connectivity index is 2.80. The van der Waals surface area contributed by atoms with Crippen molar-refractivity contribution >= 4 is 11.9 Å². The fourth-order valence-electron chi connectivity index (χ4n) is 2.12. The maximum Gasteiger partial charge on any atom is 0.326 e. The minimum Gasteiger partial charge on any atom is -0.480 e. The van der Waals surface area contributed by atoms with Gasteiger partial charge in [0.2, 0.25) is 5.91 Å². The molecule has 3 N–H and O–H groups in total. The number of hydrogen-bond acceptors (Lipinski definition) is 3. The van der Waals surface area contributed by atoms with Gasteiger partial charge in [-0.25, -0.2) is 4.79 Å². The highest BCUT2D eigenvalue weighted by molar-refractivity contribution is 5.87. The summed E-state index contributed by atoms with van der Waals surface area (Å²) >= 11 is 0. The number of carboxylic acids is 1. The summed E-state index contributed by atoms with van der Waals surface area (Å²) in [5.74, 6) is -0.799. The third-order valence-corrected chi connectivity index (χ3v) is 3.44. The second-order valence-corrected chi connectivity index (χ2v) is 5.29. The van der Waals surface area contributed by atoms with Gasteiger partial charge in [-0.15, -0.1) is 0 Å². The summed E-state index contributed by atoms with van der Waals surface area (Å²) in [5, 5.41) is 9.16. The van der Waals surface area contributed by atoms with E-state index in [1.165, 1.54) is 4.90 Å². The summed E-state index contributed by atoms with van der Waals surface area (Å²) in [6.07, 6.45) is 1.37. The maximum absolute atomic E-state index is 12.1. The van der Waals surface area contributed by atoms with Crippen molar-refractivity contribution in [1.82, 2.24) is 4.90 Å². The smallest absolute Gasteiger partial charge is 0.326 e. The van der Waals surface area contributed by atoms with Gasteiger partial charge in [0, 0.05) is 6.54 Å². The highest BCUT2D eigenvalue weighted by atomic mass is 16.4. The van der Waals surface area contributed by atoms with Crippen molar-refractivity contribution in [3.63, 3.8) is 0 Å². The number of nitrogens with zero attached hydrogens (tertiary/aromatic N) is 1. The molecule has 17 heavy (non-hydrogen) atoms. The largest absolute Gasteiger partial charge is 0.480 e. The normalized spacial score (nSPS) is 27.0. The number of nitrogens with two attached hydrogens (primary N) is 1. The lowest BCUT2D eigenvalue weighted by Gasteiger charge is -2.37. The number of rotatable bonds is 3. The summed E-state index contributed by atoms with van der Waals surface area (Å²) in [6, 6.07) is -1.32. The molecule has 0 spiro atoms. The van der Waals surface area contributed by atoms with Gasteiger partial charge < -0.3 is 15.7 Å². The molecule has 2 unspecified atom stereocenters. The summed E-state index contributed by atoms with van der Waals surface area (Å²) in [5.41, 5.74) is 5.80. The van der Waals surface area contributed by atoms with Crippen LogP contribution >= 0.6 is 0 Å². The first-order chi connectivity index (χ1) is 7.84. The second-order valence-electron chi connectivity index (χ2n) is 5.29. The lowest BCUT2D eigenvalue weighted by Crippen LogP contribution is -2.55. The van der Waals surface area contributed by atoms with Gasteiger partial charge in [0.1, 0.15) is 6.04 Å². The van der Waals surface area contributed by atoms with Crippen LogP contribution < -0.4 is 5.73 Å². The molecular weight excluding hydrogens is 220 g/mol. The number of piperidine rings is 1. The molecule has 1 amide bonds. The fourth-order valence-corrected chi connectivity index (χ4v) is 2.12. The number of carbonyl (C=O) groups excluding carboxylic acids is 1. The first-order valence-corrected chi connectivity index (χ1v) is 6.13. The van der Waals surface area contributed by atoms with E-state index in [1.54, 1.807) is 0 Å². The fraction of sp³-hybridized carbons (Fsp3) is 0.833. The third-order valence-electron chi connectivity index (χ3n) is 3.44. The van der Waals surface area contributed by atoms with Crippen LogP contribution in [0.4, 0.5) is 0 Å². The van der Waals surface area contributed by atoms with Crippen molar-refractivity contribution in [1.29, 1.82) is 0 Å². The lowest BCUT2D eigenvalue weighted by molar-refractivity contribution is -0.154. The summed E-state index contributed by atoms with van der Waals surface area (Å²) in [7, 11) is 0. The van der Waals surface area contributed by atoms with Crippen molar-refractivity contribution in [2.75, 3.05) is 6.54 Å². The number of likely N-dealkylation sites (tertiary alicyclic amines) is 1. The van der Waals surface area contributed by atoms with E-state index in [0.29, 0.717) is 18.9 Å². The molecule has 0 aliphatic carbocycles. The molecule has 0 aromatic heterocycles. The van der Waals surface area contributed by atoms with E-state index >= 15 is 0 Å². The van der Waals surface area contributed by atoms with Crippen LogP contribution in [0.2, 0.25) is 0 Å². The molecule has 0 bridgehead atoms. The second kappa shape index (κ2) is 5.49. The Morgan fingerprint density at radius 3 is 2.47 bits per heavy atom. The van der Waals surface area contributed by atoms with Gasteiger partial charge in [0.25, 0.3) is 0 Å².